The Morgan fingerprint density at radius 1 is 1.19 bits per heavy atom. The molecule has 0 aliphatic carbocycles. The molecule has 3 aliphatic rings. The predicted molar refractivity (Wildman–Crippen MR) is 118 cm³/mol. The highest BCUT2D eigenvalue weighted by molar-refractivity contribution is 6.14. The van der Waals surface area contributed by atoms with Crippen LogP contribution in [0.1, 0.15) is 24.0 Å². The van der Waals surface area contributed by atoms with Crippen LogP contribution < -0.4 is 11.1 Å². The number of hydrogen-bond donors (Lipinski definition) is 2. The molecule has 0 radical (unpaired) electrons. The smallest absolute Gasteiger partial charge is 0.240 e. The van der Waals surface area contributed by atoms with Crippen LogP contribution in [0, 0.1) is 0 Å². The zero-order valence-electron chi connectivity index (χ0n) is 17.9. The largest absolute Gasteiger partial charge is 0.474 e. The number of amidine groups is 2. The van der Waals surface area contributed by atoms with E-state index in [1.165, 1.54) is 24.6 Å². The van der Waals surface area contributed by atoms with Crippen LogP contribution in [0.2, 0.25) is 0 Å². The Morgan fingerprint density at radius 3 is 2.74 bits per heavy atom. The summed E-state index contributed by atoms with van der Waals surface area (Å²) in [6, 6.07) is 7.95. The molecule has 4 rings (SSSR count). The molecule has 3 aliphatic heterocycles. The second kappa shape index (κ2) is 9.93. The van der Waals surface area contributed by atoms with Gasteiger partial charge in [0.05, 0.1) is 19.4 Å². The molecular formula is C22H30N6O3. The van der Waals surface area contributed by atoms with E-state index < -0.39 is 6.04 Å². The number of nitrogens with zero attached hydrogens (tertiary/aromatic N) is 4. The van der Waals surface area contributed by atoms with Crippen LogP contribution in [0.3, 0.4) is 0 Å². The Balaban J connectivity index is 1.53. The maximum absolute atomic E-state index is 12.4. The van der Waals surface area contributed by atoms with E-state index in [0.29, 0.717) is 31.5 Å². The second-order valence-corrected chi connectivity index (χ2v) is 7.99. The molecule has 0 saturated carbocycles. The van der Waals surface area contributed by atoms with E-state index in [1.54, 1.807) is 7.11 Å². The van der Waals surface area contributed by atoms with Gasteiger partial charge in [0, 0.05) is 20.2 Å². The summed E-state index contributed by atoms with van der Waals surface area (Å²) in [6.07, 6.45) is 4.03. The summed E-state index contributed by atoms with van der Waals surface area (Å²) in [5.74, 6) is 1.15. The molecule has 2 saturated heterocycles. The summed E-state index contributed by atoms with van der Waals surface area (Å²) in [7, 11) is 1.61. The average molecular weight is 427 g/mol. The fourth-order valence-corrected chi connectivity index (χ4v) is 4.08. The topological polar surface area (TPSA) is 105 Å². The third kappa shape index (κ3) is 5.42. The number of piperazine rings is 1. The number of aliphatic imine (C=N–C) groups is 2. The molecule has 3 heterocycles. The van der Waals surface area contributed by atoms with Crippen molar-refractivity contribution in [1.29, 1.82) is 0 Å². The zero-order chi connectivity index (χ0) is 21.6. The molecule has 2 fully saturated rings. The molecule has 0 bridgehead atoms. The van der Waals surface area contributed by atoms with Gasteiger partial charge in [-0.05, 0) is 37.1 Å². The number of carbonyl (C=O) groups is 1. The maximum atomic E-state index is 12.4. The molecule has 166 valence electrons. The lowest BCUT2D eigenvalue weighted by Crippen LogP contribution is -2.62. The van der Waals surface area contributed by atoms with Crippen molar-refractivity contribution in [2.45, 2.75) is 32.0 Å². The molecular weight excluding hydrogens is 396 g/mol. The number of hydrogen-bond acceptors (Lipinski definition) is 8. The highest BCUT2D eigenvalue weighted by atomic mass is 16.5. The summed E-state index contributed by atoms with van der Waals surface area (Å²) in [5.41, 5.74) is 8.54. The van der Waals surface area contributed by atoms with E-state index in [9.17, 15) is 4.79 Å². The highest BCUT2D eigenvalue weighted by Crippen LogP contribution is 2.18. The molecule has 0 aromatic heterocycles. The predicted octanol–water partition coefficient (Wildman–Crippen LogP) is 0.814. The molecule has 1 aromatic carbocycles. The Kier molecular flexibility index (Phi) is 6.83. The van der Waals surface area contributed by atoms with Gasteiger partial charge in [0.25, 0.3) is 0 Å². The van der Waals surface area contributed by atoms with Crippen LogP contribution in [0.4, 0.5) is 0 Å². The van der Waals surface area contributed by atoms with E-state index >= 15 is 0 Å². The van der Waals surface area contributed by atoms with Gasteiger partial charge in [-0.1, -0.05) is 24.3 Å². The molecule has 9 heteroatoms. The van der Waals surface area contributed by atoms with Crippen molar-refractivity contribution < 1.29 is 14.3 Å². The van der Waals surface area contributed by atoms with E-state index in [2.05, 4.69) is 44.5 Å². The quantitative estimate of drug-likeness (QED) is 0.596. The van der Waals surface area contributed by atoms with Crippen LogP contribution in [0.25, 0.3) is 0 Å². The first kappa shape index (κ1) is 21.3. The SMILES string of the molecule is COCCOC1=CN=C(N)C2NC(=O)CN(Cc3cccc(CN4CCCC4)c3)C2=N1. The van der Waals surface area contributed by atoms with Crippen LogP contribution in [-0.4, -0.2) is 73.4 Å². The van der Waals surface area contributed by atoms with Crippen LogP contribution in [0.15, 0.2) is 46.3 Å². The summed E-state index contributed by atoms with van der Waals surface area (Å²) >= 11 is 0. The molecule has 3 N–H and O–H groups in total. The van der Waals surface area contributed by atoms with Crippen LogP contribution >= 0.6 is 0 Å². The summed E-state index contributed by atoms with van der Waals surface area (Å²) in [5, 5.41) is 2.88. The number of rotatable bonds is 8. The minimum absolute atomic E-state index is 0.112. The Morgan fingerprint density at radius 2 is 1.97 bits per heavy atom. The molecule has 31 heavy (non-hydrogen) atoms. The number of nitrogens with one attached hydrogen (secondary N) is 1. The third-order valence-corrected chi connectivity index (χ3v) is 5.57. The minimum Gasteiger partial charge on any atom is -0.474 e. The van der Waals surface area contributed by atoms with Crippen molar-refractivity contribution in [2.75, 3.05) is 40.0 Å². The Labute approximate surface area is 182 Å². The lowest BCUT2D eigenvalue weighted by molar-refractivity contribution is -0.122. The molecule has 9 nitrogen and oxygen atoms in total. The minimum atomic E-state index is -0.575. The number of likely N-dealkylation sites (tertiary alicyclic amines) is 1. The van der Waals surface area contributed by atoms with Gasteiger partial charge < -0.3 is 25.4 Å². The van der Waals surface area contributed by atoms with Gasteiger partial charge in [-0.2, -0.15) is 4.99 Å². The Bertz CT molecular complexity index is 891. The standard InChI is InChI=1S/C22H30N6O3/c1-30-9-10-31-19-12-24-21(23)20-22(26-19)28(15-18(29)25-20)14-17-6-4-5-16(11-17)13-27-7-2-3-8-27/h4-6,11-12,20H,2-3,7-10,13-15H2,1H3,(H2,23,24)(H,25,29). The summed E-state index contributed by atoms with van der Waals surface area (Å²) in [4.78, 5) is 25.7. The summed E-state index contributed by atoms with van der Waals surface area (Å²) < 4.78 is 10.7. The lowest BCUT2D eigenvalue weighted by atomic mass is 10.1. The van der Waals surface area contributed by atoms with Gasteiger partial charge in [-0.3, -0.25) is 9.69 Å². The number of ether oxygens (including phenoxy) is 2. The fourth-order valence-electron chi connectivity index (χ4n) is 4.08. The molecule has 1 unspecified atom stereocenters. The Hall–Kier alpha value is -2.91. The number of nitrogens with two attached hydrogens (primary N) is 1. The van der Waals surface area contributed by atoms with E-state index in [4.69, 9.17) is 15.2 Å². The number of fused-ring (bicyclic) bond motifs is 1. The normalized spacial score (nSPS) is 21.6. The van der Waals surface area contributed by atoms with Crippen molar-refractivity contribution in [2.24, 2.45) is 15.7 Å². The van der Waals surface area contributed by atoms with Crippen molar-refractivity contribution in [3.8, 4) is 0 Å². The lowest BCUT2D eigenvalue weighted by Gasteiger charge is -2.35. The van der Waals surface area contributed by atoms with Gasteiger partial charge in [-0.25, -0.2) is 4.99 Å². The average Bonchev–Trinajstić information content (AvgIpc) is 3.20. The molecule has 1 atom stereocenters. The van der Waals surface area contributed by atoms with Crippen molar-refractivity contribution in [3.05, 3.63) is 47.5 Å². The summed E-state index contributed by atoms with van der Waals surface area (Å²) in [6.45, 7) is 4.81. The van der Waals surface area contributed by atoms with Crippen molar-refractivity contribution in [3.63, 3.8) is 0 Å². The van der Waals surface area contributed by atoms with Gasteiger partial charge in [0.2, 0.25) is 11.8 Å². The number of carbonyl (C=O) groups excluding carboxylic acids is 1. The van der Waals surface area contributed by atoms with Gasteiger partial charge in [-0.15, -0.1) is 0 Å². The van der Waals surface area contributed by atoms with Gasteiger partial charge in [0.1, 0.15) is 24.3 Å². The van der Waals surface area contributed by atoms with Crippen molar-refractivity contribution in [1.82, 2.24) is 15.1 Å². The number of benzene rings is 1. The maximum Gasteiger partial charge on any atom is 0.240 e. The third-order valence-electron chi connectivity index (χ3n) is 5.57. The van der Waals surface area contributed by atoms with Crippen LogP contribution in [-0.2, 0) is 27.4 Å². The first-order valence-corrected chi connectivity index (χ1v) is 10.7. The first-order valence-electron chi connectivity index (χ1n) is 10.7. The van der Waals surface area contributed by atoms with Gasteiger partial charge >= 0.3 is 0 Å². The van der Waals surface area contributed by atoms with Crippen molar-refractivity contribution >= 4 is 17.6 Å². The molecule has 1 amide bonds. The highest BCUT2D eigenvalue weighted by Gasteiger charge is 2.34. The number of methoxy groups -OCH3 is 1. The monoisotopic (exact) mass is 426 g/mol. The second-order valence-electron chi connectivity index (χ2n) is 7.99. The molecule has 1 aromatic rings. The van der Waals surface area contributed by atoms with E-state index in [1.807, 2.05) is 4.90 Å². The molecule has 0 spiro atoms. The van der Waals surface area contributed by atoms with Gasteiger partial charge in [0.15, 0.2) is 0 Å². The first-order chi connectivity index (χ1) is 15.1. The van der Waals surface area contributed by atoms with E-state index in [-0.39, 0.29) is 18.3 Å². The number of amides is 1. The van der Waals surface area contributed by atoms with E-state index in [0.717, 1.165) is 25.2 Å². The fraction of sp³-hybridized carbons (Fsp3) is 0.500. The zero-order valence-corrected chi connectivity index (χ0v) is 17.9. The van der Waals surface area contributed by atoms with Crippen LogP contribution in [0.5, 0.6) is 0 Å².